The lowest BCUT2D eigenvalue weighted by atomic mass is 9.95. The fraction of sp³-hybridized carbons (Fsp3) is 0.333. The Morgan fingerprint density at radius 2 is 2.03 bits per heavy atom. The fourth-order valence-corrected chi connectivity index (χ4v) is 4.32. The highest BCUT2D eigenvalue weighted by Crippen LogP contribution is 2.33. The lowest BCUT2D eigenvalue weighted by Crippen LogP contribution is -2.35. The predicted molar refractivity (Wildman–Crippen MR) is 131 cm³/mol. The Morgan fingerprint density at radius 1 is 1.15 bits per heavy atom. The van der Waals surface area contributed by atoms with Gasteiger partial charge < -0.3 is 14.4 Å². The number of aromatic nitrogens is 2. The van der Waals surface area contributed by atoms with Gasteiger partial charge in [-0.1, -0.05) is 6.07 Å². The fourth-order valence-electron chi connectivity index (χ4n) is 4.32. The minimum absolute atomic E-state index is 0.0480. The molecular weight excluding hydrogens is 428 g/mol. The first-order chi connectivity index (χ1) is 16.7. The molecule has 5 rings (SSSR count). The van der Waals surface area contributed by atoms with E-state index in [1.54, 1.807) is 32.7 Å². The number of fused-ring (bicyclic) bond motifs is 1. The topological polar surface area (TPSA) is 76.9 Å². The third-order valence-corrected chi connectivity index (χ3v) is 6.43. The SMILES string of the molecule is COC1=CCC2=NC=C(CCN(CC3CC3)C(=O)c3ncccc3-c3ccc(OC)nc3)C2=C1. The molecule has 1 saturated carbocycles. The average Bonchev–Trinajstić information content (AvgIpc) is 3.63. The van der Waals surface area contributed by atoms with E-state index >= 15 is 0 Å². The summed E-state index contributed by atoms with van der Waals surface area (Å²) >= 11 is 0. The van der Waals surface area contributed by atoms with Gasteiger partial charge in [0, 0.05) is 60.9 Å². The van der Waals surface area contributed by atoms with Crippen molar-refractivity contribution in [1.29, 1.82) is 0 Å². The maximum Gasteiger partial charge on any atom is 0.273 e. The average molecular weight is 457 g/mol. The molecule has 3 heterocycles. The second-order valence-electron chi connectivity index (χ2n) is 8.74. The summed E-state index contributed by atoms with van der Waals surface area (Å²) in [6.07, 6.45) is 13.3. The molecule has 2 aliphatic carbocycles. The quantitative estimate of drug-likeness (QED) is 0.551. The van der Waals surface area contributed by atoms with E-state index in [0.29, 0.717) is 24.0 Å². The summed E-state index contributed by atoms with van der Waals surface area (Å²) < 4.78 is 10.6. The van der Waals surface area contributed by atoms with Crippen molar-refractivity contribution in [2.75, 3.05) is 27.3 Å². The lowest BCUT2D eigenvalue weighted by Gasteiger charge is -2.24. The van der Waals surface area contributed by atoms with Gasteiger partial charge in [-0.2, -0.15) is 0 Å². The zero-order chi connectivity index (χ0) is 23.5. The van der Waals surface area contributed by atoms with Gasteiger partial charge in [-0.15, -0.1) is 0 Å². The van der Waals surface area contributed by atoms with E-state index < -0.39 is 0 Å². The number of amides is 1. The van der Waals surface area contributed by atoms with E-state index in [1.165, 1.54) is 12.8 Å². The smallest absolute Gasteiger partial charge is 0.273 e. The molecule has 7 nitrogen and oxygen atoms in total. The van der Waals surface area contributed by atoms with Gasteiger partial charge in [0.25, 0.3) is 5.91 Å². The number of nitrogens with zero attached hydrogens (tertiary/aromatic N) is 4. The molecule has 0 atom stereocenters. The molecule has 0 N–H and O–H groups in total. The van der Waals surface area contributed by atoms with E-state index in [-0.39, 0.29) is 5.91 Å². The van der Waals surface area contributed by atoms with Crippen LogP contribution in [0.4, 0.5) is 0 Å². The maximum absolute atomic E-state index is 13.7. The summed E-state index contributed by atoms with van der Waals surface area (Å²) in [7, 11) is 3.27. The Labute approximate surface area is 199 Å². The number of carbonyl (C=O) groups is 1. The van der Waals surface area contributed by atoms with Crippen molar-refractivity contribution < 1.29 is 14.3 Å². The van der Waals surface area contributed by atoms with Crippen molar-refractivity contribution in [1.82, 2.24) is 14.9 Å². The van der Waals surface area contributed by atoms with Crippen LogP contribution in [-0.4, -0.2) is 53.8 Å². The van der Waals surface area contributed by atoms with Crippen LogP contribution in [-0.2, 0) is 4.74 Å². The number of carbonyl (C=O) groups excluding carboxylic acids is 1. The highest BCUT2D eigenvalue weighted by Gasteiger charge is 2.30. The molecule has 0 bridgehead atoms. The van der Waals surface area contributed by atoms with E-state index in [1.807, 2.05) is 41.5 Å². The minimum atomic E-state index is -0.0480. The van der Waals surface area contributed by atoms with Gasteiger partial charge >= 0.3 is 0 Å². The molecule has 1 fully saturated rings. The molecule has 34 heavy (non-hydrogen) atoms. The Kier molecular flexibility index (Phi) is 6.25. The van der Waals surface area contributed by atoms with Crippen LogP contribution in [0.3, 0.4) is 0 Å². The zero-order valence-electron chi connectivity index (χ0n) is 19.5. The summed E-state index contributed by atoms with van der Waals surface area (Å²) in [5.41, 5.74) is 5.40. The van der Waals surface area contributed by atoms with Gasteiger partial charge in [-0.25, -0.2) is 4.98 Å². The number of methoxy groups -OCH3 is 2. The highest BCUT2D eigenvalue weighted by molar-refractivity contribution is 6.08. The molecular formula is C27H28N4O3. The number of ether oxygens (including phenoxy) is 2. The molecule has 2 aromatic rings. The Balaban J connectivity index is 1.36. The number of rotatable bonds is 9. The molecule has 1 aliphatic heterocycles. The summed E-state index contributed by atoms with van der Waals surface area (Å²) in [6.45, 7) is 1.36. The van der Waals surface area contributed by atoms with Crippen LogP contribution in [0.5, 0.6) is 5.88 Å². The van der Waals surface area contributed by atoms with Crippen molar-refractivity contribution in [3.05, 3.63) is 77.6 Å². The predicted octanol–water partition coefficient (Wildman–Crippen LogP) is 4.59. The largest absolute Gasteiger partial charge is 0.497 e. The van der Waals surface area contributed by atoms with Crippen LogP contribution < -0.4 is 4.74 Å². The Morgan fingerprint density at radius 3 is 2.76 bits per heavy atom. The summed E-state index contributed by atoms with van der Waals surface area (Å²) in [5.74, 6) is 1.91. The molecule has 0 unspecified atom stereocenters. The highest BCUT2D eigenvalue weighted by atomic mass is 16.5. The van der Waals surface area contributed by atoms with Crippen molar-refractivity contribution in [2.45, 2.75) is 25.7 Å². The third kappa shape index (κ3) is 4.64. The molecule has 3 aliphatic rings. The summed E-state index contributed by atoms with van der Waals surface area (Å²) in [4.78, 5) is 29.1. The third-order valence-electron chi connectivity index (χ3n) is 6.43. The molecule has 7 heteroatoms. The van der Waals surface area contributed by atoms with Crippen molar-refractivity contribution in [3.63, 3.8) is 0 Å². The van der Waals surface area contributed by atoms with Crippen LogP contribution in [0, 0.1) is 5.92 Å². The van der Waals surface area contributed by atoms with Crippen LogP contribution in [0.2, 0.25) is 0 Å². The summed E-state index contributed by atoms with van der Waals surface area (Å²) in [5, 5.41) is 0. The molecule has 0 radical (unpaired) electrons. The van der Waals surface area contributed by atoms with Crippen LogP contribution in [0.25, 0.3) is 11.1 Å². The van der Waals surface area contributed by atoms with E-state index in [2.05, 4.69) is 15.0 Å². The van der Waals surface area contributed by atoms with Gasteiger partial charge in [0.15, 0.2) is 0 Å². The van der Waals surface area contributed by atoms with Gasteiger partial charge in [0.1, 0.15) is 11.5 Å². The molecule has 1 amide bonds. The molecule has 2 aromatic heterocycles. The molecule has 0 spiro atoms. The number of aliphatic imine (C=N–C) groups is 1. The second-order valence-corrected chi connectivity index (χ2v) is 8.74. The van der Waals surface area contributed by atoms with Crippen LogP contribution >= 0.6 is 0 Å². The first-order valence-corrected chi connectivity index (χ1v) is 11.6. The molecule has 0 aromatic carbocycles. The normalized spacial score (nSPS) is 16.6. The second kappa shape index (κ2) is 9.63. The van der Waals surface area contributed by atoms with Crippen LogP contribution in [0.15, 0.2) is 76.9 Å². The maximum atomic E-state index is 13.7. The Hall–Kier alpha value is -3.74. The zero-order valence-corrected chi connectivity index (χ0v) is 19.5. The first-order valence-electron chi connectivity index (χ1n) is 11.6. The van der Waals surface area contributed by atoms with Gasteiger partial charge in [0.2, 0.25) is 5.88 Å². The van der Waals surface area contributed by atoms with Gasteiger partial charge in [-0.3, -0.25) is 14.8 Å². The first kappa shape index (κ1) is 22.1. The Bertz CT molecular complexity index is 1210. The van der Waals surface area contributed by atoms with Gasteiger partial charge in [-0.05, 0) is 55.0 Å². The number of hydrogen-bond donors (Lipinski definition) is 0. The number of hydrogen-bond acceptors (Lipinski definition) is 6. The minimum Gasteiger partial charge on any atom is -0.497 e. The monoisotopic (exact) mass is 456 g/mol. The van der Waals surface area contributed by atoms with E-state index in [9.17, 15) is 4.79 Å². The lowest BCUT2D eigenvalue weighted by molar-refractivity contribution is 0.0744. The van der Waals surface area contributed by atoms with Crippen molar-refractivity contribution >= 4 is 11.6 Å². The standard InChI is InChI=1S/C27H28N4O3/c1-33-21-8-9-24-23(14-21)20(15-29-24)11-13-31(17-18-5-6-18)27(32)26-22(4-3-12-28-26)19-7-10-25(34-2)30-16-19/h3-4,7-8,10,12,14-16,18H,5-6,9,11,13,17H2,1-2H3. The number of allylic oxidation sites excluding steroid dienone is 3. The van der Waals surface area contributed by atoms with Crippen molar-refractivity contribution in [2.24, 2.45) is 10.9 Å². The molecule has 0 saturated heterocycles. The number of pyridine rings is 2. The van der Waals surface area contributed by atoms with Crippen LogP contribution in [0.1, 0.15) is 36.2 Å². The molecule has 174 valence electrons. The summed E-state index contributed by atoms with van der Waals surface area (Å²) in [6, 6.07) is 7.47. The van der Waals surface area contributed by atoms with E-state index in [0.717, 1.165) is 53.1 Å². The van der Waals surface area contributed by atoms with Crippen molar-refractivity contribution in [3.8, 4) is 17.0 Å². The van der Waals surface area contributed by atoms with Gasteiger partial charge in [0.05, 0.1) is 19.9 Å². The van der Waals surface area contributed by atoms with E-state index in [4.69, 9.17) is 9.47 Å².